The molecule has 6 heteroatoms. The number of carboxylic acid groups (broad SMARTS) is 1. The van der Waals surface area contributed by atoms with Crippen LogP contribution in [-0.4, -0.2) is 26.0 Å². The average molecular weight is 345 g/mol. The number of carboxylic acids is 1. The third kappa shape index (κ3) is 2.67. The maximum Gasteiger partial charge on any atom is 0.312 e. The van der Waals surface area contributed by atoms with Crippen LogP contribution in [0.4, 0.5) is 5.69 Å². The van der Waals surface area contributed by atoms with Crippen molar-refractivity contribution >= 4 is 21.7 Å². The molecule has 2 aromatic rings. The van der Waals surface area contributed by atoms with Gasteiger partial charge >= 0.3 is 5.97 Å². The molecular formula is C18H19NO4S. The summed E-state index contributed by atoms with van der Waals surface area (Å²) in [4.78, 5) is 11.8. The monoisotopic (exact) mass is 345 g/mol. The lowest BCUT2D eigenvalue weighted by Gasteiger charge is -2.22. The summed E-state index contributed by atoms with van der Waals surface area (Å²) in [7, 11) is -3.79. The maximum absolute atomic E-state index is 13.1. The fourth-order valence-electron chi connectivity index (χ4n) is 3.17. The average Bonchev–Trinajstić information content (AvgIpc) is 2.98. The molecule has 1 aliphatic rings. The van der Waals surface area contributed by atoms with Gasteiger partial charge in [0.15, 0.2) is 0 Å². The van der Waals surface area contributed by atoms with E-state index in [9.17, 15) is 18.3 Å². The number of anilines is 1. The lowest BCUT2D eigenvalue weighted by molar-refractivity contribution is -0.138. The Morgan fingerprint density at radius 3 is 2.50 bits per heavy atom. The fourth-order valence-corrected chi connectivity index (χ4v) is 4.74. The standard InChI is InChI=1S/C18H19NO4S/c1-2-7-13-8-6-11-15-16(18(20)21)12-19(17(13)15)24(22,23)14-9-4-3-5-10-14/h3-6,8-11,16H,2,7,12H2,1H3,(H,20,21). The molecule has 0 aromatic heterocycles. The number of para-hydroxylation sites is 1. The lowest BCUT2D eigenvalue weighted by atomic mass is 9.97. The smallest absolute Gasteiger partial charge is 0.312 e. The Kier molecular flexibility index (Phi) is 4.32. The number of aliphatic carboxylic acids is 1. The van der Waals surface area contributed by atoms with E-state index in [2.05, 4.69) is 0 Å². The van der Waals surface area contributed by atoms with Gasteiger partial charge in [-0.3, -0.25) is 9.10 Å². The summed E-state index contributed by atoms with van der Waals surface area (Å²) in [5.41, 5.74) is 1.99. The van der Waals surface area contributed by atoms with Crippen molar-refractivity contribution in [3.63, 3.8) is 0 Å². The number of hydrogen-bond donors (Lipinski definition) is 1. The van der Waals surface area contributed by atoms with Gasteiger partial charge in [0.25, 0.3) is 10.0 Å². The molecule has 1 heterocycles. The molecule has 5 nitrogen and oxygen atoms in total. The third-order valence-corrected chi connectivity index (χ3v) is 6.05. The Labute approximate surface area is 141 Å². The van der Waals surface area contributed by atoms with Gasteiger partial charge in [-0.1, -0.05) is 49.7 Å². The minimum Gasteiger partial charge on any atom is -0.481 e. The highest BCUT2D eigenvalue weighted by molar-refractivity contribution is 7.92. The number of benzene rings is 2. The number of nitrogens with zero attached hydrogens (tertiary/aromatic N) is 1. The van der Waals surface area contributed by atoms with E-state index in [0.29, 0.717) is 17.7 Å². The van der Waals surface area contributed by atoms with Crippen LogP contribution < -0.4 is 4.31 Å². The summed E-state index contributed by atoms with van der Waals surface area (Å²) in [5, 5.41) is 9.51. The summed E-state index contributed by atoms with van der Waals surface area (Å²) in [6.45, 7) is 1.95. The van der Waals surface area contributed by atoms with Gasteiger partial charge < -0.3 is 5.11 Å². The van der Waals surface area contributed by atoms with Crippen molar-refractivity contribution in [2.75, 3.05) is 10.8 Å². The predicted octanol–water partition coefficient (Wildman–Crippen LogP) is 3.02. The second-order valence-electron chi connectivity index (χ2n) is 5.84. The van der Waals surface area contributed by atoms with Gasteiger partial charge in [0.05, 0.1) is 17.1 Å². The molecule has 3 rings (SSSR count). The first kappa shape index (κ1) is 16.5. The number of fused-ring (bicyclic) bond motifs is 1. The molecule has 1 unspecified atom stereocenters. The number of rotatable bonds is 5. The van der Waals surface area contributed by atoms with Crippen LogP contribution in [0.3, 0.4) is 0 Å². The van der Waals surface area contributed by atoms with Crippen molar-refractivity contribution in [3.8, 4) is 0 Å². The van der Waals surface area contributed by atoms with Crippen molar-refractivity contribution in [1.29, 1.82) is 0 Å². The molecule has 1 aliphatic heterocycles. The minimum absolute atomic E-state index is 0.0668. The van der Waals surface area contributed by atoms with Crippen LogP contribution in [0.25, 0.3) is 0 Å². The molecule has 0 spiro atoms. The quantitative estimate of drug-likeness (QED) is 0.904. The van der Waals surface area contributed by atoms with E-state index in [1.54, 1.807) is 30.3 Å². The maximum atomic E-state index is 13.1. The number of hydrogen-bond acceptors (Lipinski definition) is 3. The van der Waals surface area contributed by atoms with E-state index in [1.165, 1.54) is 16.4 Å². The van der Waals surface area contributed by atoms with E-state index in [-0.39, 0.29) is 11.4 Å². The summed E-state index contributed by atoms with van der Waals surface area (Å²) in [6.07, 6.45) is 1.56. The summed E-state index contributed by atoms with van der Waals surface area (Å²) < 4.78 is 27.4. The van der Waals surface area contributed by atoms with Gasteiger partial charge in [-0.15, -0.1) is 0 Å². The molecular weight excluding hydrogens is 326 g/mol. The van der Waals surface area contributed by atoms with Gasteiger partial charge in [0.1, 0.15) is 5.92 Å². The molecule has 126 valence electrons. The molecule has 0 bridgehead atoms. The minimum atomic E-state index is -3.79. The number of carbonyl (C=O) groups is 1. The number of aryl methyl sites for hydroxylation is 1. The van der Waals surface area contributed by atoms with Crippen molar-refractivity contribution in [3.05, 3.63) is 59.7 Å². The highest BCUT2D eigenvalue weighted by atomic mass is 32.2. The molecule has 0 radical (unpaired) electrons. The molecule has 24 heavy (non-hydrogen) atoms. The second kappa shape index (κ2) is 6.28. The van der Waals surface area contributed by atoms with Gasteiger partial charge in [-0.2, -0.15) is 0 Å². The molecule has 0 amide bonds. The zero-order valence-electron chi connectivity index (χ0n) is 13.3. The Hall–Kier alpha value is -2.34. The van der Waals surface area contributed by atoms with Crippen molar-refractivity contribution < 1.29 is 18.3 Å². The SMILES string of the molecule is CCCc1cccc2c1N(S(=O)(=O)c1ccccc1)CC2C(=O)O. The Morgan fingerprint density at radius 1 is 1.17 bits per heavy atom. The van der Waals surface area contributed by atoms with Crippen LogP contribution in [0.1, 0.15) is 30.4 Å². The summed E-state index contributed by atoms with van der Waals surface area (Å²) in [5.74, 6) is -1.84. The van der Waals surface area contributed by atoms with E-state index in [1.807, 2.05) is 13.0 Å². The molecule has 1 atom stereocenters. The van der Waals surface area contributed by atoms with Crippen LogP contribution in [0.15, 0.2) is 53.4 Å². The molecule has 0 aliphatic carbocycles. The first-order valence-electron chi connectivity index (χ1n) is 7.89. The van der Waals surface area contributed by atoms with Crippen LogP contribution >= 0.6 is 0 Å². The van der Waals surface area contributed by atoms with E-state index >= 15 is 0 Å². The van der Waals surface area contributed by atoms with E-state index in [4.69, 9.17) is 0 Å². The normalized spacial score (nSPS) is 16.9. The van der Waals surface area contributed by atoms with Crippen LogP contribution in [0.5, 0.6) is 0 Å². The van der Waals surface area contributed by atoms with Crippen molar-refractivity contribution in [2.45, 2.75) is 30.6 Å². The first-order chi connectivity index (χ1) is 11.5. The van der Waals surface area contributed by atoms with Gasteiger partial charge in [-0.05, 0) is 29.7 Å². The number of sulfonamides is 1. The first-order valence-corrected chi connectivity index (χ1v) is 9.33. The molecule has 0 fully saturated rings. The molecule has 0 saturated carbocycles. The summed E-state index contributed by atoms with van der Waals surface area (Å²) >= 11 is 0. The van der Waals surface area contributed by atoms with Crippen molar-refractivity contribution in [1.82, 2.24) is 0 Å². The van der Waals surface area contributed by atoms with Gasteiger partial charge in [0.2, 0.25) is 0 Å². The van der Waals surface area contributed by atoms with E-state index in [0.717, 1.165) is 12.0 Å². The highest BCUT2D eigenvalue weighted by Crippen LogP contribution is 2.42. The zero-order valence-corrected chi connectivity index (χ0v) is 14.2. The summed E-state index contributed by atoms with van der Waals surface area (Å²) in [6, 6.07) is 13.5. The Bertz CT molecular complexity index is 862. The topological polar surface area (TPSA) is 74.7 Å². The molecule has 2 aromatic carbocycles. The predicted molar refractivity (Wildman–Crippen MR) is 91.8 cm³/mol. The third-order valence-electron chi connectivity index (χ3n) is 4.27. The lowest BCUT2D eigenvalue weighted by Crippen LogP contribution is -2.31. The second-order valence-corrected chi connectivity index (χ2v) is 7.71. The Morgan fingerprint density at radius 2 is 1.88 bits per heavy atom. The van der Waals surface area contributed by atoms with Crippen molar-refractivity contribution in [2.24, 2.45) is 0 Å². The van der Waals surface area contributed by atoms with Gasteiger partial charge in [0, 0.05) is 0 Å². The Balaban J connectivity index is 2.17. The van der Waals surface area contributed by atoms with Crippen LogP contribution in [0, 0.1) is 0 Å². The van der Waals surface area contributed by atoms with Gasteiger partial charge in [-0.25, -0.2) is 8.42 Å². The zero-order chi connectivity index (χ0) is 17.3. The van der Waals surface area contributed by atoms with E-state index < -0.39 is 21.9 Å². The highest BCUT2D eigenvalue weighted by Gasteiger charge is 2.41. The largest absolute Gasteiger partial charge is 0.481 e. The molecule has 1 N–H and O–H groups in total. The fraction of sp³-hybridized carbons (Fsp3) is 0.278. The van der Waals surface area contributed by atoms with Crippen LogP contribution in [0.2, 0.25) is 0 Å². The van der Waals surface area contributed by atoms with Crippen LogP contribution in [-0.2, 0) is 21.2 Å². The molecule has 0 saturated heterocycles.